The fraction of sp³-hybridized carbons (Fsp3) is 0.0714. The molecule has 1 aromatic heterocycles. The summed E-state index contributed by atoms with van der Waals surface area (Å²) in [6.07, 6.45) is 0. The molecule has 2 heterocycles. The van der Waals surface area contributed by atoms with Crippen LogP contribution in [0.2, 0.25) is 0 Å². The van der Waals surface area contributed by atoms with E-state index in [0.29, 0.717) is 11.3 Å². The second-order valence-electron chi connectivity index (χ2n) is 4.44. The van der Waals surface area contributed by atoms with Crippen LogP contribution in [0.4, 0.5) is 10.5 Å². The molecule has 21 heavy (non-hydrogen) atoms. The molecule has 1 aliphatic heterocycles. The lowest BCUT2D eigenvalue weighted by Crippen LogP contribution is -2.57. The van der Waals surface area contributed by atoms with E-state index in [0.717, 1.165) is 9.37 Å². The molecule has 7 heteroatoms. The average molecular weight is 365 g/mol. The van der Waals surface area contributed by atoms with Gasteiger partial charge in [-0.2, -0.15) is 11.3 Å². The van der Waals surface area contributed by atoms with E-state index in [1.54, 1.807) is 41.1 Å². The minimum absolute atomic E-state index is 0.468. The van der Waals surface area contributed by atoms with Crippen LogP contribution >= 0.6 is 27.3 Å². The number of carbonyl (C=O) groups excluding carboxylic acids is 3. The maximum Gasteiger partial charge on any atom is 0.335 e. The third kappa shape index (κ3) is 2.50. The highest BCUT2D eigenvalue weighted by molar-refractivity contribution is 9.10. The predicted molar refractivity (Wildman–Crippen MR) is 82.2 cm³/mol. The fourth-order valence-corrected chi connectivity index (χ4v) is 3.22. The van der Waals surface area contributed by atoms with Crippen LogP contribution in [-0.4, -0.2) is 17.8 Å². The van der Waals surface area contributed by atoms with E-state index in [2.05, 4.69) is 21.2 Å². The number of nitrogens with zero attached hydrogens (tertiary/aromatic N) is 1. The zero-order chi connectivity index (χ0) is 15.0. The van der Waals surface area contributed by atoms with Gasteiger partial charge in [-0.05, 0) is 29.1 Å². The Kier molecular flexibility index (Phi) is 3.60. The smallest absolute Gasteiger partial charge is 0.276 e. The number of imide groups is 2. The van der Waals surface area contributed by atoms with Crippen LogP contribution in [0.3, 0.4) is 0 Å². The first kappa shape index (κ1) is 14.0. The number of rotatable bonds is 2. The summed E-state index contributed by atoms with van der Waals surface area (Å²) < 4.78 is 0.764. The number of anilines is 1. The highest BCUT2D eigenvalue weighted by atomic mass is 79.9. The van der Waals surface area contributed by atoms with Crippen LogP contribution in [0.5, 0.6) is 0 Å². The molecule has 0 saturated carbocycles. The van der Waals surface area contributed by atoms with Crippen molar-refractivity contribution >= 4 is 50.8 Å². The molecular formula is C14H9BrN2O3S. The van der Waals surface area contributed by atoms with Gasteiger partial charge in [0.05, 0.1) is 5.69 Å². The minimum atomic E-state index is -1.03. The van der Waals surface area contributed by atoms with Crippen molar-refractivity contribution in [3.63, 3.8) is 0 Å². The van der Waals surface area contributed by atoms with E-state index < -0.39 is 23.8 Å². The van der Waals surface area contributed by atoms with Crippen molar-refractivity contribution in [2.45, 2.75) is 5.92 Å². The molecule has 4 amide bonds. The van der Waals surface area contributed by atoms with Crippen molar-refractivity contribution in [3.8, 4) is 0 Å². The van der Waals surface area contributed by atoms with Gasteiger partial charge in [-0.3, -0.25) is 14.9 Å². The van der Waals surface area contributed by atoms with E-state index in [-0.39, 0.29) is 0 Å². The van der Waals surface area contributed by atoms with Crippen molar-refractivity contribution in [1.82, 2.24) is 5.32 Å². The zero-order valence-corrected chi connectivity index (χ0v) is 13.0. The van der Waals surface area contributed by atoms with E-state index >= 15 is 0 Å². The minimum Gasteiger partial charge on any atom is -0.276 e. The van der Waals surface area contributed by atoms with E-state index in [1.807, 2.05) is 0 Å². The van der Waals surface area contributed by atoms with E-state index in [1.165, 1.54) is 11.3 Å². The molecule has 0 radical (unpaired) electrons. The highest BCUT2D eigenvalue weighted by Gasteiger charge is 2.42. The highest BCUT2D eigenvalue weighted by Crippen LogP contribution is 2.29. The first-order valence-electron chi connectivity index (χ1n) is 6.04. The number of benzene rings is 1. The first-order valence-corrected chi connectivity index (χ1v) is 7.78. The summed E-state index contributed by atoms with van der Waals surface area (Å²) in [4.78, 5) is 37.6. The van der Waals surface area contributed by atoms with Gasteiger partial charge in [0.25, 0.3) is 5.91 Å². The van der Waals surface area contributed by atoms with Gasteiger partial charge < -0.3 is 0 Å². The Bertz CT molecular complexity index is 730. The Morgan fingerprint density at radius 2 is 2.00 bits per heavy atom. The Hall–Kier alpha value is -1.99. The number of urea groups is 1. The van der Waals surface area contributed by atoms with Crippen LogP contribution in [0.1, 0.15) is 11.5 Å². The van der Waals surface area contributed by atoms with Gasteiger partial charge >= 0.3 is 6.03 Å². The van der Waals surface area contributed by atoms with Gasteiger partial charge in [-0.25, -0.2) is 9.69 Å². The molecule has 1 saturated heterocycles. The second-order valence-corrected chi connectivity index (χ2v) is 6.13. The van der Waals surface area contributed by atoms with Gasteiger partial charge in [0, 0.05) is 9.85 Å². The number of barbiturate groups is 1. The number of amides is 4. The molecule has 2 aromatic rings. The maximum atomic E-state index is 12.6. The van der Waals surface area contributed by atoms with Gasteiger partial charge in [0.1, 0.15) is 5.92 Å². The SMILES string of the molecule is O=C1NC(=O)N(c2ccsc2)C(=O)C1c1cccc(Br)c1. The molecular weight excluding hydrogens is 356 g/mol. The number of hydrogen-bond acceptors (Lipinski definition) is 4. The zero-order valence-electron chi connectivity index (χ0n) is 10.6. The van der Waals surface area contributed by atoms with Crippen molar-refractivity contribution in [2.75, 3.05) is 4.90 Å². The number of thiophene rings is 1. The van der Waals surface area contributed by atoms with Crippen LogP contribution in [0.25, 0.3) is 0 Å². The predicted octanol–water partition coefficient (Wildman–Crippen LogP) is 2.88. The summed E-state index contributed by atoms with van der Waals surface area (Å²) in [6, 6.07) is 7.88. The Morgan fingerprint density at radius 1 is 1.19 bits per heavy atom. The summed E-state index contributed by atoms with van der Waals surface area (Å²) in [5, 5.41) is 5.68. The Balaban J connectivity index is 2.03. The third-order valence-electron chi connectivity index (χ3n) is 3.11. The molecule has 1 fully saturated rings. The Labute approximate surface area is 132 Å². The summed E-state index contributed by atoms with van der Waals surface area (Å²) >= 11 is 4.68. The van der Waals surface area contributed by atoms with Gasteiger partial charge in [-0.15, -0.1) is 0 Å². The number of halogens is 1. The molecule has 1 aliphatic rings. The molecule has 1 N–H and O–H groups in total. The molecule has 0 aliphatic carbocycles. The van der Waals surface area contributed by atoms with Crippen molar-refractivity contribution in [3.05, 3.63) is 51.1 Å². The normalized spacial score (nSPS) is 18.8. The number of hydrogen-bond donors (Lipinski definition) is 1. The third-order valence-corrected chi connectivity index (χ3v) is 4.27. The lowest BCUT2D eigenvalue weighted by atomic mass is 9.95. The number of nitrogens with one attached hydrogen (secondary N) is 1. The summed E-state index contributed by atoms with van der Waals surface area (Å²) in [5.74, 6) is -2.17. The van der Waals surface area contributed by atoms with E-state index in [4.69, 9.17) is 0 Å². The van der Waals surface area contributed by atoms with Crippen LogP contribution in [0.15, 0.2) is 45.6 Å². The summed E-state index contributed by atoms with van der Waals surface area (Å²) in [6.45, 7) is 0. The maximum absolute atomic E-state index is 12.6. The Morgan fingerprint density at radius 3 is 2.67 bits per heavy atom. The van der Waals surface area contributed by atoms with Crippen molar-refractivity contribution < 1.29 is 14.4 Å². The van der Waals surface area contributed by atoms with E-state index in [9.17, 15) is 14.4 Å². The molecule has 1 aromatic carbocycles. The molecule has 1 unspecified atom stereocenters. The number of carbonyl (C=O) groups is 3. The van der Waals surface area contributed by atoms with Gasteiger partial charge in [0.15, 0.2) is 0 Å². The first-order chi connectivity index (χ1) is 10.1. The molecule has 0 bridgehead atoms. The molecule has 5 nitrogen and oxygen atoms in total. The van der Waals surface area contributed by atoms with Crippen molar-refractivity contribution in [1.29, 1.82) is 0 Å². The fourth-order valence-electron chi connectivity index (χ4n) is 2.18. The molecule has 3 rings (SSSR count). The average Bonchev–Trinajstić information content (AvgIpc) is 2.92. The van der Waals surface area contributed by atoms with Crippen molar-refractivity contribution in [2.24, 2.45) is 0 Å². The molecule has 106 valence electrons. The second kappa shape index (κ2) is 5.42. The van der Waals surface area contributed by atoms with Crippen LogP contribution in [0, 0.1) is 0 Å². The quantitative estimate of drug-likeness (QED) is 0.833. The van der Waals surface area contributed by atoms with Gasteiger partial charge in [-0.1, -0.05) is 28.1 Å². The lowest BCUT2D eigenvalue weighted by Gasteiger charge is -2.29. The lowest BCUT2D eigenvalue weighted by molar-refractivity contribution is -0.130. The largest absolute Gasteiger partial charge is 0.335 e. The summed E-state index contributed by atoms with van der Waals surface area (Å²) in [5.41, 5.74) is 1.01. The van der Waals surface area contributed by atoms with Gasteiger partial charge in [0.2, 0.25) is 5.91 Å². The summed E-state index contributed by atoms with van der Waals surface area (Å²) in [7, 11) is 0. The van der Waals surface area contributed by atoms with Crippen LogP contribution < -0.4 is 10.2 Å². The standard InChI is InChI=1S/C14H9BrN2O3S/c15-9-3-1-2-8(6-9)11-12(18)16-14(20)17(13(11)19)10-4-5-21-7-10/h1-7,11H,(H,16,18,20). The molecule has 1 atom stereocenters. The molecule has 0 spiro atoms. The monoisotopic (exact) mass is 364 g/mol. The van der Waals surface area contributed by atoms with Crippen LogP contribution in [-0.2, 0) is 9.59 Å². The topological polar surface area (TPSA) is 66.5 Å².